The third-order valence-corrected chi connectivity index (χ3v) is 17.6. The van der Waals surface area contributed by atoms with Crippen LogP contribution in [-0.2, 0) is 28.4 Å². The highest BCUT2D eigenvalue weighted by Gasteiger charge is 2.47. The number of hydrogen-bond donors (Lipinski definition) is 2. The molecule has 2 aliphatic heterocycles. The zero-order valence-corrected chi connectivity index (χ0v) is 49.3. The molecule has 0 atom stereocenters. The highest BCUT2D eigenvalue weighted by atomic mass is 32.1. The Hall–Kier alpha value is -6.42. The molecular weight excluding hydrogens is 1080 g/mol. The van der Waals surface area contributed by atoms with E-state index in [9.17, 15) is 9.59 Å². The maximum absolute atomic E-state index is 14.4. The number of thiazole rings is 2. The minimum absolute atomic E-state index is 0.196. The van der Waals surface area contributed by atoms with Gasteiger partial charge < -0.3 is 47.4 Å². The van der Waals surface area contributed by atoms with Gasteiger partial charge in [0.1, 0.15) is 11.2 Å². The van der Waals surface area contributed by atoms with E-state index in [0.29, 0.717) is 46.5 Å². The van der Waals surface area contributed by atoms with Crippen LogP contribution in [0, 0.1) is 10.8 Å². The molecule has 4 aromatic carbocycles. The van der Waals surface area contributed by atoms with Crippen molar-refractivity contribution < 1.29 is 57.0 Å². The Morgan fingerprint density at radius 1 is 0.549 bits per heavy atom. The Morgan fingerprint density at radius 2 is 0.951 bits per heavy atom. The molecule has 2 N–H and O–H groups in total. The van der Waals surface area contributed by atoms with Crippen molar-refractivity contribution in [3.8, 4) is 23.0 Å². The van der Waals surface area contributed by atoms with Crippen LogP contribution in [0.25, 0.3) is 20.4 Å². The summed E-state index contributed by atoms with van der Waals surface area (Å²) in [5, 5.41) is 10.4. The molecule has 3 fully saturated rings. The van der Waals surface area contributed by atoms with Gasteiger partial charge in [0, 0.05) is 24.0 Å². The lowest BCUT2D eigenvalue weighted by atomic mass is 9.76. The second kappa shape index (κ2) is 29.2. The number of carbonyl (C=O) groups excluding carboxylic acids is 2. The first-order chi connectivity index (χ1) is 40.1. The summed E-state index contributed by atoms with van der Waals surface area (Å²) in [5.74, 6) is 0.675. The number of unbranched alkanes of at least 4 members (excludes halogenated alkanes) is 6. The normalized spacial score (nSPS) is 19.2. The van der Waals surface area contributed by atoms with E-state index in [0.717, 1.165) is 137 Å². The summed E-state index contributed by atoms with van der Waals surface area (Å²) in [4.78, 5) is 38.1. The van der Waals surface area contributed by atoms with Gasteiger partial charge in [0.25, 0.3) is 0 Å². The van der Waals surface area contributed by atoms with Crippen LogP contribution in [0.3, 0.4) is 0 Å². The standard InChI is InChI=1S/C62H78N6O12S2/c1-5-59(41-75-42-59)39-73-31-15-7-9-17-33-77-49-25-23-45(35-51(49)71-3)55(69)79-61(37-63-67-57-65-47-19-11-13-21-53(47)81-57)27-29-62(30-28-61,38-64-68-58-66-48-20-12-14-22-54(48)82-58)80-56(70)46-24-26-50(52(36-46)72-4)78-34-18-10-8-16-32-74-40-60(6-2)43-76-44-60/h11-14,19-26,35-38H,5-10,15-18,27-34,39-44H2,1-4H3,(H,65,67)(H,66,68)/b63-37+,64-38+. The molecule has 3 aliphatic rings. The first-order valence-corrected chi connectivity index (χ1v) is 30.4. The molecule has 0 spiro atoms. The zero-order valence-electron chi connectivity index (χ0n) is 47.7. The van der Waals surface area contributed by atoms with Gasteiger partial charge in [-0.1, -0.05) is 73.6 Å². The number of esters is 2. The first kappa shape index (κ1) is 60.2. The van der Waals surface area contributed by atoms with Crippen LogP contribution >= 0.6 is 22.7 Å². The van der Waals surface area contributed by atoms with Gasteiger partial charge in [-0.3, -0.25) is 10.9 Å². The molecule has 18 nitrogen and oxygen atoms in total. The number of nitrogens with one attached hydrogen (secondary N) is 2. The first-order valence-electron chi connectivity index (χ1n) is 28.8. The summed E-state index contributed by atoms with van der Waals surface area (Å²) >= 11 is 2.91. The molecule has 1 aliphatic carbocycles. The average molecular weight is 1160 g/mol. The third-order valence-electron chi connectivity index (χ3n) is 15.7. The Labute approximate surface area is 488 Å². The number of benzene rings is 4. The fourth-order valence-electron chi connectivity index (χ4n) is 10.00. The van der Waals surface area contributed by atoms with Crippen molar-refractivity contribution in [3.63, 3.8) is 0 Å². The van der Waals surface area contributed by atoms with E-state index in [1.165, 1.54) is 22.7 Å². The fourth-order valence-corrected chi connectivity index (χ4v) is 11.6. The Morgan fingerprint density at radius 3 is 1.32 bits per heavy atom. The molecule has 6 aromatic rings. The predicted molar refractivity (Wildman–Crippen MR) is 321 cm³/mol. The van der Waals surface area contributed by atoms with E-state index < -0.39 is 23.1 Å². The molecule has 2 aromatic heterocycles. The molecular formula is C62H78N6O12S2. The number of ether oxygens (including phenoxy) is 10. The molecule has 0 unspecified atom stereocenters. The number of hydrazone groups is 2. The van der Waals surface area contributed by atoms with Crippen LogP contribution in [0.2, 0.25) is 0 Å². The van der Waals surface area contributed by atoms with Crippen LogP contribution in [0.4, 0.5) is 10.3 Å². The van der Waals surface area contributed by atoms with Gasteiger partial charge in [0.05, 0.1) is 111 Å². The highest BCUT2D eigenvalue weighted by molar-refractivity contribution is 7.22. The third kappa shape index (κ3) is 16.0. The van der Waals surface area contributed by atoms with Gasteiger partial charge in [-0.25, -0.2) is 19.6 Å². The van der Waals surface area contributed by atoms with Crippen LogP contribution in [0.1, 0.15) is 124 Å². The number of fused-ring (bicyclic) bond motifs is 2. The Bertz CT molecular complexity index is 2800. The molecule has 20 heteroatoms. The number of nitrogens with zero attached hydrogens (tertiary/aromatic N) is 4. The molecule has 4 heterocycles. The molecule has 1 saturated carbocycles. The molecule has 440 valence electrons. The molecule has 2 saturated heterocycles. The fraction of sp³-hybridized carbons (Fsp3) is 0.516. The van der Waals surface area contributed by atoms with Gasteiger partial charge in [0.2, 0.25) is 10.3 Å². The minimum Gasteiger partial charge on any atom is -0.493 e. The molecule has 82 heavy (non-hydrogen) atoms. The van der Waals surface area contributed by atoms with E-state index in [2.05, 4.69) is 44.9 Å². The smallest absolute Gasteiger partial charge is 0.339 e. The maximum Gasteiger partial charge on any atom is 0.339 e. The van der Waals surface area contributed by atoms with Crippen LogP contribution < -0.4 is 29.8 Å². The topological polar surface area (TPSA) is 201 Å². The van der Waals surface area contributed by atoms with Crippen LogP contribution in [0.15, 0.2) is 95.1 Å². The number of methoxy groups -OCH3 is 2. The molecule has 9 rings (SSSR count). The van der Waals surface area contributed by atoms with Gasteiger partial charge in [-0.15, -0.1) is 0 Å². The number of carbonyl (C=O) groups is 2. The molecule has 0 bridgehead atoms. The van der Waals surface area contributed by atoms with Crippen molar-refractivity contribution in [1.82, 2.24) is 9.97 Å². The van der Waals surface area contributed by atoms with Gasteiger partial charge in [-0.05, 0) is 138 Å². The summed E-state index contributed by atoms with van der Waals surface area (Å²) in [6.45, 7) is 11.5. The Kier molecular flexibility index (Phi) is 21.4. The minimum atomic E-state index is -1.26. The van der Waals surface area contributed by atoms with Gasteiger partial charge in [-0.2, -0.15) is 10.2 Å². The van der Waals surface area contributed by atoms with Gasteiger partial charge >= 0.3 is 11.9 Å². The second-order valence-electron chi connectivity index (χ2n) is 21.7. The van der Waals surface area contributed by atoms with E-state index in [-0.39, 0.29) is 47.6 Å². The summed E-state index contributed by atoms with van der Waals surface area (Å²) in [6, 6.07) is 25.7. The van der Waals surface area contributed by atoms with E-state index >= 15 is 0 Å². The van der Waals surface area contributed by atoms with Crippen molar-refractivity contribution in [2.45, 2.75) is 115 Å². The Balaban J connectivity index is 0.853. The highest BCUT2D eigenvalue weighted by Crippen LogP contribution is 2.41. The lowest BCUT2D eigenvalue weighted by Gasteiger charge is -2.41. The summed E-state index contributed by atoms with van der Waals surface area (Å²) in [6.07, 6.45) is 13.9. The number of hydrogen-bond acceptors (Lipinski definition) is 20. The average Bonchev–Trinajstić information content (AvgIpc) is 4.13. The monoisotopic (exact) mass is 1160 g/mol. The lowest BCUT2D eigenvalue weighted by molar-refractivity contribution is -0.150. The van der Waals surface area contributed by atoms with Crippen molar-refractivity contribution in [1.29, 1.82) is 0 Å². The second-order valence-corrected chi connectivity index (χ2v) is 23.7. The number of para-hydroxylation sites is 2. The van der Waals surface area contributed by atoms with Crippen molar-refractivity contribution in [2.75, 3.05) is 91.1 Å². The lowest BCUT2D eigenvalue weighted by Crippen LogP contribution is -2.49. The van der Waals surface area contributed by atoms with E-state index in [4.69, 9.17) is 47.4 Å². The SMILES string of the molecule is CCC1(COCCCCCCOc2ccc(C(=O)OC3(/C=N/Nc4nc5ccccc5s4)CCC(/C=N/Nc4nc5ccccc5s4)(OC(=O)c4ccc(OCCCCCCOCC5(CC)COC5)c(OC)c4)CC3)cc2OC)COC1. The van der Waals surface area contributed by atoms with Crippen LogP contribution in [0.5, 0.6) is 23.0 Å². The number of rotatable bonds is 34. The predicted octanol–water partition coefficient (Wildman–Crippen LogP) is 12.9. The van der Waals surface area contributed by atoms with Gasteiger partial charge in [0.15, 0.2) is 23.0 Å². The van der Waals surface area contributed by atoms with Crippen molar-refractivity contribution in [2.24, 2.45) is 21.0 Å². The van der Waals surface area contributed by atoms with E-state index in [1.807, 2.05) is 48.5 Å². The zero-order chi connectivity index (χ0) is 57.1. The van der Waals surface area contributed by atoms with Crippen molar-refractivity contribution in [3.05, 3.63) is 96.1 Å². The summed E-state index contributed by atoms with van der Waals surface area (Å²) in [5.41, 5.74) is 6.21. The molecule has 0 amide bonds. The van der Waals surface area contributed by atoms with E-state index in [1.54, 1.807) is 63.0 Å². The largest absolute Gasteiger partial charge is 0.493 e. The van der Waals surface area contributed by atoms with Crippen LogP contribution in [-0.4, -0.2) is 126 Å². The van der Waals surface area contributed by atoms with Crippen molar-refractivity contribution >= 4 is 77.7 Å². The number of aromatic nitrogens is 2. The molecule has 0 radical (unpaired) electrons. The number of anilines is 2. The summed E-state index contributed by atoms with van der Waals surface area (Å²) < 4.78 is 61.5. The maximum atomic E-state index is 14.4. The summed E-state index contributed by atoms with van der Waals surface area (Å²) in [7, 11) is 3.09. The quantitative estimate of drug-likeness (QED) is 0.0167.